The number of nitrogens with one attached hydrogen (secondary N) is 2. The molecule has 0 spiro atoms. The van der Waals surface area contributed by atoms with Crippen LogP contribution in [0.2, 0.25) is 0 Å². The number of aliphatic imine (C=N–C) groups is 1. The van der Waals surface area contributed by atoms with Crippen LogP contribution in [0.5, 0.6) is 0 Å². The Morgan fingerprint density at radius 3 is 2.90 bits per heavy atom. The molecule has 1 unspecified atom stereocenters. The van der Waals surface area contributed by atoms with Crippen molar-refractivity contribution in [1.29, 1.82) is 0 Å². The summed E-state index contributed by atoms with van der Waals surface area (Å²) in [7, 11) is 0. The first-order valence-corrected chi connectivity index (χ1v) is 10.1. The van der Waals surface area contributed by atoms with Crippen LogP contribution in [-0.2, 0) is 16.0 Å². The maximum absolute atomic E-state index is 5.69. The van der Waals surface area contributed by atoms with E-state index in [0.717, 1.165) is 62.8 Å². The first-order valence-electron chi connectivity index (χ1n) is 10.1. The summed E-state index contributed by atoms with van der Waals surface area (Å²) in [4.78, 5) is 9.09. The number of rotatable bonds is 10. The van der Waals surface area contributed by atoms with Crippen molar-refractivity contribution in [2.24, 2.45) is 4.99 Å². The maximum atomic E-state index is 5.69. The fourth-order valence-corrected chi connectivity index (χ4v) is 2.97. The molecule has 1 atom stereocenters. The molecule has 0 aliphatic carbocycles. The lowest BCUT2D eigenvalue weighted by atomic mass is 10.2. The zero-order chi connectivity index (χ0) is 19.4. The van der Waals surface area contributed by atoms with Crippen molar-refractivity contribution in [2.45, 2.75) is 38.8 Å². The van der Waals surface area contributed by atoms with Gasteiger partial charge < -0.3 is 24.5 Å². The molecule has 2 aromatic rings. The lowest BCUT2D eigenvalue weighted by molar-refractivity contribution is 0.0168. The van der Waals surface area contributed by atoms with Gasteiger partial charge in [0.25, 0.3) is 0 Å². The number of oxazole rings is 1. The molecule has 0 bridgehead atoms. The minimum Gasteiger partial charge on any atom is -0.444 e. The van der Waals surface area contributed by atoms with Crippen LogP contribution >= 0.6 is 24.0 Å². The highest BCUT2D eigenvalue weighted by molar-refractivity contribution is 14.0. The topological polar surface area (TPSA) is 80.9 Å². The molecule has 1 aliphatic rings. The Morgan fingerprint density at radius 1 is 1.28 bits per heavy atom. The third kappa shape index (κ3) is 8.31. The maximum Gasteiger partial charge on any atom is 0.226 e. The zero-order valence-electron chi connectivity index (χ0n) is 16.9. The summed E-state index contributed by atoms with van der Waals surface area (Å²) in [5.41, 5.74) is 1.77. The Kier molecular flexibility index (Phi) is 11.0. The first-order chi connectivity index (χ1) is 13.8. The van der Waals surface area contributed by atoms with Crippen LogP contribution in [0.3, 0.4) is 0 Å². The van der Waals surface area contributed by atoms with E-state index in [-0.39, 0.29) is 30.1 Å². The number of aromatic nitrogens is 1. The van der Waals surface area contributed by atoms with E-state index in [1.54, 1.807) is 6.26 Å². The summed E-state index contributed by atoms with van der Waals surface area (Å²) in [5, 5.41) is 6.57. The van der Waals surface area contributed by atoms with Crippen LogP contribution in [0.4, 0.5) is 0 Å². The molecule has 8 heteroatoms. The molecule has 0 amide bonds. The quantitative estimate of drug-likeness (QED) is 0.218. The van der Waals surface area contributed by atoms with Crippen LogP contribution in [0.1, 0.15) is 31.9 Å². The molecule has 2 heterocycles. The van der Waals surface area contributed by atoms with Crippen molar-refractivity contribution in [3.8, 4) is 11.5 Å². The molecule has 160 valence electrons. The Labute approximate surface area is 189 Å². The number of halogens is 1. The minimum absolute atomic E-state index is 0. The second kappa shape index (κ2) is 13.6. The molecule has 1 aromatic heterocycles. The van der Waals surface area contributed by atoms with E-state index in [1.807, 2.05) is 37.3 Å². The highest BCUT2D eigenvalue weighted by Crippen LogP contribution is 2.18. The largest absolute Gasteiger partial charge is 0.444 e. The van der Waals surface area contributed by atoms with E-state index in [1.165, 1.54) is 0 Å². The lowest BCUT2D eigenvalue weighted by Crippen LogP contribution is -2.38. The summed E-state index contributed by atoms with van der Waals surface area (Å²) in [6.45, 7) is 6.39. The highest BCUT2D eigenvalue weighted by atomic mass is 127. The van der Waals surface area contributed by atoms with E-state index >= 15 is 0 Å². The Balaban J connectivity index is 0.00000300. The number of nitrogens with zero attached hydrogens (tertiary/aromatic N) is 2. The van der Waals surface area contributed by atoms with Gasteiger partial charge in [0.05, 0.1) is 19.3 Å². The first kappa shape index (κ1) is 23.6. The fraction of sp³-hybridized carbons (Fsp3) is 0.524. The number of benzene rings is 1. The van der Waals surface area contributed by atoms with E-state index in [9.17, 15) is 0 Å². The van der Waals surface area contributed by atoms with Gasteiger partial charge in [-0.15, -0.1) is 24.0 Å². The molecule has 7 nitrogen and oxygen atoms in total. The monoisotopic (exact) mass is 514 g/mol. The molecule has 2 N–H and O–H groups in total. The number of hydrogen-bond acceptors (Lipinski definition) is 5. The standard InChI is InChI=1S/C21H30N4O3.HI/c1-2-22-21(23-11-7-12-26-16-19-10-6-13-27-19)24-14-18-15-28-20(25-18)17-8-4-3-5-9-17;/h3-5,8-9,15,19H,2,6-7,10-14,16H2,1H3,(H2,22,23,24);1H. The van der Waals surface area contributed by atoms with E-state index in [0.29, 0.717) is 19.0 Å². The molecule has 29 heavy (non-hydrogen) atoms. The molecular weight excluding hydrogens is 483 g/mol. The Bertz CT molecular complexity index is 718. The summed E-state index contributed by atoms with van der Waals surface area (Å²) >= 11 is 0. The van der Waals surface area contributed by atoms with Gasteiger partial charge in [-0.05, 0) is 38.3 Å². The second-order valence-corrected chi connectivity index (χ2v) is 6.70. The van der Waals surface area contributed by atoms with Gasteiger partial charge >= 0.3 is 0 Å². The lowest BCUT2D eigenvalue weighted by Gasteiger charge is -2.12. The van der Waals surface area contributed by atoms with Gasteiger partial charge in [-0.3, -0.25) is 0 Å². The van der Waals surface area contributed by atoms with Gasteiger partial charge in [0.1, 0.15) is 12.0 Å². The molecule has 0 radical (unpaired) electrons. The van der Waals surface area contributed by atoms with Crippen LogP contribution in [0.15, 0.2) is 46.0 Å². The van der Waals surface area contributed by atoms with Gasteiger partial charge in [0.15, 0.2) is 5.96 Å². The smallest absolute Gasteiger partial charge is 0.226 e. The molecule has 1 saturated heterocycles. The third-order valence-electron chi connectivity index (χ3n) is 4.40. The van der Waals surface area contributed by atoms with Gasteiger partial charge in [-0.2, -0.15) is 0 Å². The normalized spacial score (nSPS) is 16.4. The van der Waals surface area contributed by atoms with Gasteiger partial charge in [0, 0.05) is 31.9 Å². The van der Waals surface area contributed by atoms with Crippen molar-refractivity contribution in [3.05, 3.63) is 42.3 Å². The van der Waals surface area contributed by atoms with E-state index < -0.39 is 0 Å². The Hall–Kier alpha value is -1.65. The SMILES string of the molecule is CCNC(=NCc1coc(-c2ccccc2)n1)NCCCOCC1CCCO1.I. The van der Waals surface area contributed by atoms with Crippen molar-refractivity contribution >= 4 is 29.9 Å². The molecule has 1 aliphatic heterocycles. The molecule has 1 aromatic carbocycles. The van der Waals surface area contributed by atoms with Crippen LogP contribution in [0.25, 0.3) is 11.5 Å². The van der Waals surface area contributed by atoms with Crippen LogP contribution in [-0.4, -0.2) is 50.0 Å². The molecule has 0 saturated carbocycles. The average Bonchev–Trinajstić information content (AvgIpc) is 3.41. The predicted octanol–water partition coefficient (Wildman–Crippen LogP) is 3.60. The molecule has 1 fully saturated rings. The predicted molar refractivity (Wildman–Crippen MR) is 125 cm³/mol. The molecule has 3 rings (SSSR count). The van der Waals surface area contributed by atoms with Crippen molar-refractivity contribution in [3.63, 3.8) is 0 Å². The highest BCUT2D eigenvalue weighted by Gasteiger charge is 2.14. The average molecular weight is 514 g/mol. The fourth-order valence-electron chi connectivity index (χ4n) is 2.97. The van der Waals surface area contributed by atoms with Gasteiger partial charge in [-0.25, -0.2) is 9.98 Å². The van der Waals surface area contributed by atoms with E-state index in [2.05, 4.69) is 20.6 Å². The molecular formula is C21H31IN4O3. The second-order valence-electron chi connectivity index (χ2n) is 6.70. The zero-order valence-corrected chi connectivity index (χ0v) is 19.3. The minimum atomic E-state index is 0. The number of guanidine groups is 1. The van der Waals surface area contributed by atoms with Crippen LogP contribution in [0, 0.1) is 0 Å². The van der Waals surface area contributed by atoms with Gasteiger partial charge in [0.2, 0.25) is 5.89 Å². The number of hydrogen-bond donors (Lipinski definition) is 2. The van der Waals surface area contributed by atoms with Crippen molar-refractivity contribution in [2.75, 3.05) is 32.9 Å². The van der Waals surface area contributed by atoms with E-state index in [4.69, 9.17) is 13.9 Å². The van der Waals surface area contributed by atoms with Crippen LogP contribution < -0.4 is 10.6 Å². The summed E-state index contributed by atoms with van der Waals surface area (Å²) in [6.07, 6.45) is 5.13. The Morgan fingerprint density at radius 2 is 2.14 bits per heavy atom. The third-order valence-corrected chi connectivity index (χ3v) is 4.40. The van der Waals surface area contributed by atoms with Crippen molar-refractivity contribution in [1.82, 2.24) is 15.6 Å². The van der Waals surface area contributed by atoms with Crippen molar-refractivity contribution < 1.29 is 13.9 Å². The van der Waals surface area contributed by atoms with Gasteiger partial charge in [-0.1, -0.05) is 18.2 Å². The summed E-state index contributed by atoms with van der Waals surface area (Å²) < 4.78 is 16.8. The number of ether oxygens (including phenoxy) is 2. The summed E-state index contributed by atoms with van der Waals surface area (Å²) in [6, 6.07) is 9.86. The summed E-state index contributed by atoms with van der Waals surface area (Å²) in [5.74, 6) is 1.39.